The highest BCUT2D eigenvalue weighted by atomic mass is 32.2. The van der Waals surface area contributed by atoms with E-state index in [-0.39, 0.29) is 11.4 Å². The normalized spacial score (nSPS) is 15.3. The first-order valence-electron chi connectivity index (χ1n) is 9.36. The molecule has 0 aliphatic carbocycles. The molecule has 1 fully saturated rings. The third-order valence-corrected chi connectivity index (χ3v) is 7.52. The van der Waals surface area contributed by atoms with E-state index >= 15 is 0 Å². The fraction of sp³-hybridized carbons (Fsp3) is 0.368. The summed E-state index contributed by atoms with van der Waals surface area (Å²) in [5.74, 6) is 1.48. The van der Waals surface area contributed by atoms with Gasteiger partial charge >= 0.3 is 0 Å². The second-order valence-electron chi connectivity index (χ2n) is 6.67. The Hall–Kier alpha value is -2.43. The van der Waals surface area contributed by atoms with E-state index < -0.39 is 10.0 Å². The van der Waals surface area contributed by atoms with Gasteiger partial charge in [-0.15, -0.1) is 11.3 Å². The molecule has 1 aliphatic rings. The van der Waals surface area contributed by atoms with Gasteiger partial charge < -0.3 is 14.6 Å². The number of thiophene rings is 1. The Kier molecular flexibility index (Phi) is 5.84. The van der Waals surface area contributed by atoms with Crippen LogP contribution in [0.5, 0.6) is 5.75 Å². The average Bonchev–Trinajstić information content (AvgIpc) is 3.44. The smallest absolute Gasteiger partial charge is 0.246 e. The van der Waals surface area contributed by atoms with E-state index in [1.165, 1.54) is 11.3 Å². The van der Waals surface area contributed by atoms with Crippen molar-refractivity contribution in [1.82, 2.24) is 14.4 Å². The summed E-state index contributed by atoms with van der Waals surface area (Å²) in [6, 6.07) is 8.68. The molecule has 1 N–H and O–H groups in total. The number of rotatable bonds is 7. The largest absolute Gasteiger partial charge is 0.495 e. The highest BCUT2D eigenvalue weighted by molar-refractivity contribution is 7.89. The predicted molar refractivity (Wildman–Crippen MR) is 111 cm³/mol. The van der Waals surface area contributed by atoms with Crippen molar-refractivity contribution in [3.63, 3.8) is 0 Å². The predicted octanol–water partition coefficient (Wildman–Crippen LogP) is 3.59. The third-order valence-electron chi connectivity index (χ3n) is 4.76. The van der Waals surface area contributed by atoms with Crippen molar-refractivity contribution in [3.8, 4) is 16.5 Å². The zero-order valence-electron chi connectivity index (χ0n) is 16.0. The van der Waals surface area contributed by atoms with Crippen LogP contribution in [-0.4, -0.2) is 43.1 Å². The van der Waals surface area contributed by atoms with Gasteiger partial charge in [0.2, 0.25) is 21.7 Å². The van der Waals surface area contributed by atoms with Gasteiger partial charge in [0.25, 0.3) is 0 Å². The lowest BCUT2D eigenvalue weighted by atomic mass is 10.2. The number of methoxy groups -OCH3 is 1. The van der Waals surface area contributed by atoms with Crippen LogP contribution < -0.4 is 10.1 Å². The summed E-state index contributed by atoms with van der Waals surface area (Å²) in [7, 11) is -1.99. The van der Waals surface area contributed by atoms with Crippen molar-refractivity contribution in [3.05, 3.63) is 41.6 Å². The summed E-state index contributed by atoms with van der Waals surface area (Å²) in [6.45, 7) is 1.37. The molecular formula is C19H22N4O4S2. The molecule has 0 unspecified atom stereocenters. The molecule has 0 amide bonds. The van der Waals surface area contributed by atoms with E-state index in [9.17, 15) is 8.42 Å². The van der Waals surface area contributed by atoms with E-state index in [0.29, 0.717) is 36.2 Å². The molecule has 0 atom stereocenters. The van der Waals surface area contributed by atoms with Crippen LogP contribution in [0.4, 0.5) is 5.69 Å². The second-order valence-corrected chi connectivity index (χ2v) is 9.56. The lowest BCUT2D eigenvalue weighted by Crippen LogP contribution is -2.35. The highest BCUT2D eigenvalue weighted by Gasteiger charge is 2.26. The quantitative estimate of drug-likeness (QED) is 0.607. The monoisotopic (exact) mass is 434 g/mol. The Morgan fingerprint density at radius 3 is 2.79 bits per heavy atom. The summed E-state index contributed by atoms with van der Waals surface area (Å²) in [6.07, 6.45) is 2.85. The maximum Gasteiger partial charge on any atom is 0.246 e. The van der Waals surface area contributed by atoms with Crippen LogP contribution in [0.3, 0.4) is 0 Å². The van der Waals surface area contributed by atoms with Gasteiger partial charge in [-0.3, -0.25) is 0 Å². The van der Waals surface area contributed by atoms with E-state index in [4.69, 9.17) is 9.26 Å². The number of anilines is 1. The van der Waals surface area contributed by atoms with Crippen LogP contribution in [0.15, 0.2) is 45.1 Å². The molecule has 8 nitrogen and oxygen atoms in total. The van der Waals surface area contributed by atoms with Gasteiger partial charge in [0.1, 0.15) is 5.75 Å². The summed E-state index contributed by atoms with van der Waals surface area (Å²) >= 11 is 1.53. The number of sulfonamides is 1. The molecule has 3 heterocycles. The van der Waals surface area contributed by atoms with Crippen LogP contribution in [0.2, 0.25) is 0 Å². The molecule has 1 saturated heterocycles. The van der Waals surface area contributed by atoms with Crippen molar-refractivity contribution in [2.75, 3.05) is 25.5 Å². The number of benzene rings is 1. The van der Waals surface area contributed by atoms with Crippen molar-refractivity contribution in [1.29, 1.82) is 0 Å². The number of piperidine rings is 1. The van der Waals surface area contributed by atoms with Gasteiger partial charge in [-0.1, -0.05) is 17.6 Å². The van der Waals surface area contributed by atoms with Gasteiger partial charge in [0, 0.05) is 13.1 Å². The molecule has 154 valence electrons. The van der Waals surface area contributed by atoms with Crippen molar-refractivity contribution < 1.29 is 17.7 Å². The Balaban J connectivity index is 1.53. The molecule has 0 radical (unpaired) electrons. The molecule has 29 heavy (non-hydrogen) atoms. The Labute approximate surface area is 173 Å². The molecule has 0 spiro atoms. The Bertz CT molecular complexity index is 1060. The summed E-state index contributed by atoms with van der Waals surface area (Å²) < 4.78 is 38.1. The first-order valence-corrected chi connectivity index (χ1v) is 11.7. The molecule has 1 aromatic carbocycles. The van der Waals surface area contributed by atoms with E-state index in [2.05, 4.69) is 15.5 Å². The maximum absolute atomic E-state index is 13.0. The Morgan fingerprint density at radius 1 is 1.24 bits per heavy atom. The molecule has 4 rings (SSSR count). The molecule has 3 aromatic rings. The third kappa shape index (κ3) is 4.29. The molecule has 1 aliphatic heterocycles. The van der Waals surface area contributed by atoms with Gasteiger partial charge in [0.15, 0.2) is 0 Å². The number of nitrogens with one attached hydrogen (secondary N) is 1. The standard InChI is InChI=1S/C19H22N4O4S2/c1-26-16-8-7-14(29(24,25)23-9-3-2-4-10-23)12-15(16)20-13-18-21-19(22-27-18)17-6-5-11-28-17/h5-8,11-12,20H,2-4,9-10,13H2,1H3. The van der Waals surface area contributed by atoms with E-state index in [1.807, 2.05) is 17.5 Å². The molecular weight excluding hydrogens is 412 g/mol. The van der Waals surface area contributed by atoms with Crippen LogP contribution in [0, 0.1) is 0 Å². The van der Waals surface area contributed by atoms with E-state index in [0.717, 1.165) is 24.1 Å². The minimum absolute atomic E-state index is 0.243. The SMILES string of the molecule is COc1ccc(S(=O)(=O)N2CCCCC2)cc1NCc1nc(-c2cccs2)no1. The lowest BCUT2D eigenvalue weighted by molar-refractivity contribution is 0.346. The molecule has 0 saturated carbocycles. The van der Waals surface area contributed by atoms with Gasteiger partial charge in [-0.2, -0.15) is 9.29 Å². The minimum Gasteiger partial charge on any atom is -0.495 e. The summed E-state index contributed by atoms with van der Waals surface area (Å²) in [5.41, 5.74) is 0.557. The Morgan fingerprint density at radius 2 is 2.07 bits per heavy atom. The van der Waals surface area contributed by atoms with Gasteiger partial charge in [-0.25, -0.2) is 8.42 Å². The topological polar surface area (TPSA) is 97.6 Å². The highest BCUT2D eigenvalue weighted by Crippen LogP contribution is 2.30. The summed E-state index contributed by atoms with van der Waals surface area (Å²) in [5, 5.41) is 9.08. The number of nitrogens with zero attached hydrogens (tertiary/aromatic N) is 3. The summed E-state index contributed by atoms with van der Waals surface area (Å²) in [4.78, 5) is 5.54. The lowest BCUT2D eigenvalue weighted by Gasteiger charge is -2.26. The van der Waals surface area contributed by atoms with Crippen LogP contribution in [0.25, 0.3) is 10.7 Å². The van der Waals surface area contributed by atoms with Crippen LogP contribution in [-0.2, 0) is 16.6 Å². The minimum atomic E-state index is -3.53. The zero-order valence-corrected chi connectivity index (χ0v) is 17.6. The van der Waals surface area contributed by atoms with Gasteiger partial charge in [0.05, 0.1) is 29.1 Å². The number of hydrogen-bond donors (Lipinski definition) is 1. The molecule has 2 aromatic heterocycles. The fourth-order valence-electron chi connectivity index (χ4n) is 3.24. The van der Waals surface area contributed by atoms with Crippen molar-refractivity contribution in [2.24, 2.45) is 0 Å². The van der Waals surface area contributed by atoms with E-state index in [1.54, 1.807) is 29.6 Å². The zero-order chi connectivity index (χ0) is 20.3. The average molecular weight is 435 g/mol. The number of aromatic nitrogens is 2. The fourth-order valence-corrected chi connectivity index (χ4v) is 5.44. The molecule has 10 heteroatoms. The first-order chi connectivity index (χ1) is 14.1. The number of ether oxygens (including phenoxy) is 1. The number of hydrogen-bond acceptors (Lipinski definition) is 8. The van der Waals surface area contributed by atoms with Crippen molar-refractivity contribution >= 4 is 27.0 Å². The van der Waals surface area contributed by atoms with Crippen LogP contribution >= 0.6 is 11.3 Å². The second kappa shape index (κ2) is 8.52. The molecule has 0 bridgehead atoms. The van der Waals surface area contributed by atoms with Crippen LogP contribution in [0.1, 0.15) is 25.2 Å². The van der Waals surface area contributed by atoms with Crippen molar-refractivity contribution in [2.45, 2.75) is 30.7 Å². The first kappa shape index (κ1) is 19.9. The maximum atomic E-state index is 13.0. The van der Waals surface area contributed by atoms with Gasteiger partial charge in [-0.05, 0) is 42.5 Å².